The number of esters is 2. The van der Waals surface area contributed by atoms with Crippen LogP contribution in [0.1, 0.15) is 239 Å². The fraction of sp³-hybridized carbons (Fsp3) is 0.956. The lowest BCUT2D eigenvalue weighted by Crippen LogP contribution is -2.30. The largest absolute Gasteiger partial charge is 0.466 e. The standard InChI is InChI=1S/C45H90N2O7S/c1-4-7-10-13-16-25-32-42-53-44(48)36-28-21-17-23-30-38-46(40-33-41-47(50)55(51)52)39-31-24-18-22-29-37-45(49)54-43(34-26-19-14-11-8-5-2)35-27-20-15-12-9-6-3/h43,50,55H,4-42H2,1-3H3. The molecule has 328 valence electrons. The van der Waals surface area contributed by atoms with Gasteiger partial charge in [-0.1, -0.05) is 166 Å². The summed E-state index contributed by atoms with van der Waals surface area (Å²) in [5.41, 5.74) is 0. The smallest absolute Gasteiger partial charge is 0.306 e. The molecule has 0 unspecified atom stereocenters. The molecule has 10 heteroatoms. The van der Waals surface area contributed by atoms with Gasteiger partial charge in [0.25, 0.3) is 0 Å². The molecule has 0 spiro atoms. The van der Waals surface area contributed by atoms with Crippen LogP contribution in [-0.4, -0.2) is 73.8 Å². The minimum Gasteiger partial charge on any atom is -0.466 e. The van der Waals surface area contributed by atoms with Gasteiger partial charge in [0.2, 0.25) is 10.9 Å². The maximum atomic E-state index is 12.8. The highest BCUT2D eigenvalue weighted by molar-refractivity contribution is 7.69. The number of nitrogens with zero attached hydrogens (tertiary/aromatic N) is 2. The Morgan fingerprint density at radius 1 is 0.473 bits per heavy atom. The number of carbonyl (C=O) groups is 2. The summed E-state index contributed by atoms with van der Waals surface area (Å²) in [6, 6.07) is 0. The van der Waals surface area contributed by atoms with Crippen LogP contribution in [0.15, 0.2) is 0 Å². The quantitative estimate of drug-likeness (QED) is 0.0271. The van der Waals surface area contributed by atoms with Gasteiger partial charge in [-0.2, -0.15) is 0 Å². The van der Waals surface area contributed by atoms with Gasteiger partial charge in [-0.3, -0.25) is 14.8 Å². The number of ether oxygens (including phenoxy) is 2. The van der Waals surface area contributed by atoms with E-state index < -0.39 is 10.9 Å². The molecule has 0 amide bonds. The number of thiol groups is 1. The Labute approximate surface area is 341 Å². The molecule has 0 aliphatic carbocycles. The Balaban J connectivity index is 4.31. The van der Waals surface area contributed by atoms with Gasteiger partial charge in [0.1, 0.15) is 6.10 Å². The summed E-state index contributed by atoms with van der Waals surface area (Å²) in [5, 5.41) is 9.57. The average Bonchev–Trinajstić information content (AvgIpc) is 3.17. The SMILES string of the molecule is CCCCCCCCCOC(=O)CCCCCCCN(CCCCCCCC(=O)OC(CCCCCCCC)CCCCCCCC)CCCN(O)[SH](=O)=O. The third kappa shape index (κ3) is 39.4. The minimum absolute atomic E-state index is 0.0235. The van der Waals surface area contributed by atoms with E-state index in [-0.39, 0.29) is 24.6 Å². The Bertz CT molecular complexity index is 896. The lowest BCUT2D eigenvalue weighted by Gasteiger charge is -2.23. The maximum Gasteiger partial charge on any atom is 0.306 e. The number of hydrogen-bond acceptors (Lipinski definition) is 8. The zero-order valence-electron chi connectivity index (χ0n) is 36.4. The molecule has 0 aromatic carbocycles. The molecule has 1 N–H and O–H groups in total. The molecule has 0 atom stereocenters. The zero-order valence-corrected chi connectivity index (χ0v) is 37.3. The van der Waals surface area contributed by atoms with Gasteiger partial charge in [0.15, 0.2) is 0 Å². The van der Waals surface area contributed by atoms with Crippen molar-refractivity contribution in [1.29, 1.82) is 0 Å². The predicted molar refractivity (Wildman–Crippen MR) is 230 cm³/mol. The third-order valence-electron chi connectivity index (χ3n) is 10.8. The Kier molecular flexibility index (Phi) is 41.4. The summed E-state index contributed by atoms with van der Waals surface area (Å²) in [6.07, 6.45) is 37.6. The van der Waals surface area contributed by atoms with Crippen molar-refractivity contribution >= 4 is 22.8 Å². The first-order chi connectivity index (χ1) is 26.8. The van der Waals surface area contributed by atoms with Crippen molar-refractivity contribution in [1.82, 2.24) is 9.37 Å². The molecular formula is C45H90N2O7S. The highest BCUT2D eigenvalue weighted by atomic mass is 32.2. The molecule has 0 heterocycles. The predicted octanol–water partition coefficient (Wildman–Crippen LogP) is 12.3. The Hall–Kier alpha value is -1.23. The number of rotatable bonds is 44. The first-order valence-electron chi connectivity index (χ1n) is 23.5. The minimum atomic E-state index is -2.96. The van der Waals surface area contributed by atoms with Gasteiger partial charge in [0, 0.05) is 19.4 Å². The van der Waals surface area contributed by atoms with Crippen LogP contribution in [0.25, 0.3) is 0 Å². The van der Waals surface area contributed by atoms with Crippen LogP contribution in [0.4, 0.5) is 0 Å². The van der Waals surface area contributed by atoms with Gasteiger partial charge < -0.3 is 14.4 Å². The second-order valence-electron chi connectivity index (χ2n) is 16.1. The highest BCUT2D eigenvalue weighted by Gasteiger charge is 2.15. The molecule has 0 aromatic rings. The van der Waals surface area contributed by atoms with E-state index in [0.717, 1.165) is 122 Å². The maximum absolute atomic E-state index is 12.8. The summed E-state index contributed by atoms with van der Waals surface area (Å²) in [7, 11) is -2.96. The molecule has 0 bridgehead atoms. The van der Waals surface area contributed by atoms with Crippen LogP contribution in [-0.2, 0) is 30.0 Å². The van der Waals surface area contributed by atoms with Gasteiger partial charge in [-0.15, -0.1) is 0 Å². The van der Waals surface area contributed by atoms with Gasteiger partial charge in [-0.25, -0.2) is 8.42 Å². The second-order valence-corrected chi connectivity index (χ2v) is 17.1. The summed E-state index contributed by atoms with van der Waals surface area (Å²) in [6.45, 7) is 10.0. The summed E-state index contributed by atoms with van der Waals surface area (Å²) >= 11 is 0. The molecule has 0 fully saturated rings. The van der Waals surface area contributed by atoms with Crippen molar-refractivity contribution in [2.45, 2.75) is 245 Å². The van der Waals surface area contributed by atoms with E-state index in [1.165, 1.54) is 96.3 Å². The molecular weight excluding hydrogens is 713 g/mol. The van der Waals surface area contributed by atoms with Crippen molar-refractivity contribution < 1.29 is 32.7 Å². The molecule has 0 aliphatic rings. The van der Waals surface area contributed by atoms with E-state index in [9.17, 15) is 23.2 Å². The molecule has 0 aromatic heterocycles. The number of unbranched alkanes of at least 4 members (excludes halogenated alkanes) is 24. The Morgan fingerprint density at radius 3 is 1.33 bits per heavy atom. The van der Waals surface area contributed by atoms with Gasteiger partial charge in [-0.05, 0) is 83.8 Å². The lowest BCUT2D eigenvalue weighted by molar-refractivity contribution is -0.150. The van der Waals surface area contributed by atoms with Crippen LogP contribution in [0.2, 0.25) is 0 Å². The van der Waals surface area contributed by atoms with Gasteiger partial charge in [0.05, 0.1) is 6.61 Å². The molecule has 0 rings (SSSR count). The van der Waals surface area contributed by atoms with E-state index in [0.29, 0.717) is 30.3 Å². The van der Waals surface area contributed by atoms with E-state index in [2.05, 4.69) is 25.7 Å². The normalized spacial score (nSPS) is 11.8. The summed E-state index contributed by atoms with van der Waals surface area (Å²) in [5.74, 6) is -0.0919. The van der Waals surface area contributed by atoms with Crippen molar-refractivity contribution in [3.05, 3.63) is 0 Å². The van der Waals surface area contributed by atoms with Gasteiger partial charge >= 0.3 is 11.9 Å². The molecule has 0 aliphatic heterocycles. The summed E-state index contributed by atoms with van der Waals surface area (Å²) in [4.78, 5) is 27.2. The van der Waals surface area contributed by atoms with E-state index >= 15 is 0 Å². The first kappa shape index (κ1) is 53.8. The Morgan fingerprint density at radius 2 is 0.855 bits per heavy atom. The fourth-order valence-corrected chi connectivity index (χ4v) is 7.56. The molecule has 55 heavy (non-hydrogen) atoms. The van der Waals surface area contributed by atoms with E-state index in [4.69, 9.17) is 9.47 Å². The van der Waals surface area contributed by atoms with Crippen LogP contribution < -0.4 is 0 Å². The van der Waals surface area contributed by atoms with Crippen molar-refractivity contribution in [3.63, 3.8) is 0 Å². The lowest BCUT2D eigenvalue weighted by atomic mass is 10.0. The zero-order chi connectivity index (χ0) is 40.5. The highest BCUT2D eigenvalue weighted by Crippen LogP contribution is 2.19. The van der Waals surface area contributed by atoms with Crippen molar-refractivity contribution in [2.24, 2.45) is 0 Å². The second kappa shape index (κ2) is 42.4. The van der Waals surface area contributed by atoms with Crippen LogP contribution >= 0.6 is 0 Å². The topological polar surface area (TPSA) is 113 Å². The number of hydrogen-bond donors (Lipinski definition) is 2. The third-order valence-corrected chi connectivity index (χ3v) is 11.4. The van der Waals surface area contributed by atoms with Crippen LogP contribution in [0, 0.1) is 0 Å². The van der Waals surface area contributed by atoms with Crippen LogP contribution in [0.3, 0.4) is 0 Å². The molecule has 0 saturated carbocycles. The molecule has 9 nitrogen and oxygen atoms in total. The monoisotopic (exact) mass is 803 g/mol. The van der Waals surface area contributed by atoms with Crippen LogP contribution in [0.5, 0.6) is 0 Å². The number of carbonyl (C=O) groups excluding carboxylic acids is 2. The number of hydroxylamine groups is 1. The van der Waals surface area contributed by atoms with Crippen molar-refractivity contribution in [3.8, 4) is 0 Å². The fourth-order valence-electron chi connectivity index (χ4n) is 7.25. The first-order valence-corrected chi connectivity index (χ1v) is 24.6. The molecule has 0 saturated heterocycles. The average molecular weight is 803 g/mol. The van der Waals surface area contributed by atoms with Crippen molar-refractivity contribution in [2.75, 3.05) is 32.8 Å². The van der Waals surface area contributed by atoms with E-state index in [1.807, 2.05) is 0 Å². The molecule has 0 radical (unpaired) electrons. The van der Waals surface area contributed by atoms with E-state index in [1.54, 1.807) is 0 Å². The summed E-state index contributed by atoms with van der Waals surface area (Å²) < 4.78 is 33.9.